The zero-order valence-electron chi connectivity index (χ0n) is 15.2. The highest BCUT2D eigenvalue weighted by molar-refractivity contribution is 6.35. The number of rotatable bonds is 7. The number of hydrogen-bond donors (Lipinski definition) is 1. The highest BCUT2D eigenvalue weighted by Gasteiger charge is 2.15. The second-order valence-corrected chi connectivity index (χ2v) is 6.43. The van der Waals surface area contributed by atoms with Gasteiger partial charge < -0.3 is 13.9 Å². The third kappa shape index (κ3) is 4.74. The van der Waals surface area contributed by atoms with E-state index in [0.717, 1.165) is 0 Å². The van der Waals surface area contributed by atoms with Crippen LogP contribution < -0.4 is 14.8 Å². The van der Waals surface area contributed by atoms with Gasteiger partial charge in [0.05, 0.1) is 13.2 Å². The highest BCUT2D eigenvalue weighted by Crippen LogP contribution is 2.33. The number of carbonyl (C=O) groups is 1. The lowest BCUT2D eigenvalue weighted by Gasteiger charge is -2.11. The van der Waals surface area contributed by atoms with E-state index in [9.17, 15) is 4.79 Å². The molecule has 0 aliphatic heterocycles. The van der Waals surface area contributed by atoms with Crippen molar-refractivity contribution in [1.82, 2.24) is 10.2 Å². The molecule has 1 N–H and O–H groups in total. The molecule has 0 fully saturated rings. The van der Waals surface area contributed by atoms with Gasteiger partial charge in [0.2, 0.25) is 5.89 Å². The molecule has 1 heterocycles. The number of halogens is 2. The first-order chi connectivity index (χ1) is 13.5. The van der Waals surface area contributed by atoms with Crippen LogP contribution in [0, 0.1) is 0 Å². The number of anilines is 1. The number of aromatic nitrogens is 2. The third-order valence-corrected chi connectivity index (χ3v) is 4.00. The summed E-state index contributed by atoms with van der Waals surface area (Å²) in [5, 5.41) is 11.0. The van der Waals surface area contributed by atoms with Gasteiger partial charge in [-0.1, -0.05) is 28.3 Å². The number of benzene rings is 2. The quantitative estimate of drug-likeness (QED) is 0.571. The van der Waals surface area contributed by atoms with Gasteiger partial charge in [0, 0.05) is 21.2 Å². The Hall–Kier alpha value is -2.77. The summed E-state index contributed by atoms with van der Waals surface area (Å²) in [6, 6.07) is 9.73. The Morgan fingerprint density at radius 1 is 1.00 bits per heavy atom. The first-order valence-electron chi connectivity index (χ1n) is 8.51. The number of amides is 1. The maximum atomic E-state index is 12.3. The Morgan fingerprint density at radius 3 is 2.36 bits per heavy atom. The van der Waals surface area contributed by atoms with Crippen LogP contribution in [0.15, 0.2) is 40.8 Å². The van der Waals surface area contributed by atoms with E-state index in [2.05, 4.69) is 15.5 Å². The molecule has 0 aliphatic rings. The van der Waals surface area contributed by atoms with E-state index in [1.807, 2.05) is 13.8 Å². The van der Waals surface area contributed by atoms with Crippen molar-refractivity contribution in [2.45, 2.75) is 13.8 Å². The Labute approximate surface area is 171 Å². The standard InChI is InChI=1S/C19H17Cl2N3O4/c1-3-26-15-6-5-11(9-16(15)27-4-2)18-23-24-19(28-18)22-17(25)12-7-13(20)10-14(21)8-12/h5-10H,3-4H2,1-2H3,(H,22,24,25). The third-order valence-electron chi connectivity index (χ3n) is 3.56. The second-order valence-electron chi connectivity index (χ2n) is 5.55. The molecule has 0 aliphatic carbocycles. The zero-order chi connectivity index (χ0) is 20.1. The van der Waals surface area contributed by atoms with Crippen molar-refractivity contribution in [2.24, 2.45) is 0 Å². The van der Waals surface area contributed by atoms with Crippen molar-refractivity contribution in [1.29, 1.82) is 0 Å². The molecule has 0 radical (unpaired) electrons. The lowest BCUT2D eigenvalue weighted by atomic mass is 10.2. The molecule has 2 aromatic carbocycles. The Bertz CT molecular complexity index is 971. The number of nitrogens with one attached hydrogen (secondary N) is 1. The van der Waals surface area contributed by atoms with Gasteiger partial charge in [-0.25, -0.2) is 0 Å². The predicted octanol–water partition coefficient (Wildman–Crippen LogP) is 5.09. The van der Waals surface area contributed by atoms with Gasteiger partial charge >= 0.3 is 6.01 Å². The normalized spacial score (nSPS) is 10.6. The van der Waals surface area contributed by atoms with Crippen molar-refractivity contribution in [3.63, 3.8) is 0 Å². The van der Waals surface area contributed by atoms with Crippen molar-refractivity contribution >= 4 is 35.1 Å². The number of carbonyl (C=O) groups excluding carboxylic acids is 1. The van der Waals surface area contributed by atoms with Crippen LogP contribution in [-0.4, -0.2) is 29.3 Å². The zero-order valence-corrected chi connectivity index (χ0v) is 16.7. The largest absolute Gasteiger partial charge is 0.490 e. The molecule has 0 atom stereocenters. The van der Waals surface area contributed by atoms with Crippen molar-refractivity contribution in [3.05, 3.63) is 52.0 Å². The molecular weight excluding hydrogens is 405 g/mol. The molecule has 3 aromatic rings. The molecule has 1 aromatic heterocycles. The predicted molar refractivity (Wildman–Crippen MR) is 106 cm³/mol. The van der Waals surface area contributed by atoms with Crippen LogP contribution in [0.1, 0.15) is 24.2 Å². The maximum Gasteiger partial charge on any atom is 0.322 e. The number of ether oxygens (including phenoxy) is 2. The van der Waals surface area contributed by atoms with Crippen LogP contribution in [0.25, 0.3) is 11.5 Å². The number of hydrogen-bond acceptors (Lipinski definition) is 6. The molecule has 146 valence electrons. The van der Waals surface area contributed by atoms with Gasteiger partial charge in [-0.2, -0.15) is 0 Å². The summed E-state index contributed by atoms with van der Waals surface area (Å²) in [4.78, 5) is 12.3. The van der Waals surface area contributed by atoms with Gasteiger partial charge in [0.25, 0.3) is 5.91 Å². The van der Waals surface area contributed by atoms with Gasteiger partial charge in [0.1, 0.15) is 0 Å². The molecule has 9 heteroatoms. The van der Waals surface area contributed by atoms with Crippen LogP contribution in [0.4, 0.5) is 6.01 Å². The SMILES string of the molecule is CCOc1ccc(-c2nnc(NC(=O)c3cc(Cl)cc(Cl)c3)o2)cc1OCC. The van der Waals surface area contributed by atoms with Crippen molar-refractivity contribution in [2.75, 3.05) is 18.5 Å². The average Bonchev–Trinajstić information content (AvgIpc) is 3.11. The molecule has 28 heavy (non-hydrogen) atoms. The fraction of sp³-hybridized carbons (Fsp3) is 0.211. The van der Waals surface area contributed by atoms with Crippen LogP contribution in [-0.2, 0) is 0 Å². The van der Waals surface area contributed by atoms with Crippen LogP contribution >= 0.6 is 23.2 Å². The molecule has 0 saturated carbocycles. The summed E-state index contributed by atoms with van der Waals surface area (Å²) in [7, 11) is 0. The van der Waals surface area contributed by atoms with E-state index in [-0.39, 0.29) is 17.5 Å². The molecule has 3 rings (SSSR count). The van der Waals surface area contributed by atoms with Gasteiger partial charge in [-0.15, -0.1) is 5.10 Å². The molecule has 0 bridgehead atoms. The van der Waals surface area contributed by atoms with E-state index in [1.54, 1.807) is 18.2 Å². The summed E-state index contributed by atoms with van der Waals surface area (Å²) in [6.45, 7) is 4.77. The summed E-state index contributed by atoms with van der Waals surface area (Å²) < 4.78 is 16.7. The average molecular weight is 422 g/mol. The fourth-order valence-electron chi connectivity index (χ4n) is 2.43. The minimum Gasteiger partial charge on any atom is -0.490 e. The van der Waals surface area contributed by atoms with Crippen molar-refractivity contribution in [3.8, 4) is 23.0 Å². The maximum absolute atomic E-state index is 12.3. The van der Waals surface area contributed by atoms with Crippen LogP contribution in [0.3, 0.4) is 0 Å². The highest BCUT2D eigenvalue weighted by atomic mass is 35.5. The molecule has 0 spiro atoms. The molecule has 1 amide bonds. The van der Waals surface area contributed by atoms with E-state index in [1.165, 1.54) is 18.2 Å². The van der Waals surface area contributed by atoms with E-state index in [0.29, 0.717) is 40.3 Å². The lowest BCUT2D eigenvalue weighted by molar-refractivity contribution is 0.102. The van der Waals surface area contributed by atoms with E-state index < -0.39 is 5.91 Å². The summed E-state index contributed by atoms with van der Waals surface area (Å²) in [6.07, 6.45) is 0. The first kappa shape index (κ1) is 20.0. The summed E-state index contributed by atoms with van der Waals surface area (Å²) >= 11 is 11.8. The molecule has 0 unspecified atom stereocenters. The molecule has 0 saturated heterocycles. The number of nitrogens with zero attached hydrogens (tertiary/aromatic N) is 2. The second kappa shape index (κ2) is 8.95. The summed E-state index contributed by atoms with van der Waals surface area (Å²) in [5.74, 6) is 0.947. The molecular formula is C19H17Cl2N3O4. The first-order valence-corrected chi connectivity index (χ1v) is 9.26. The smallest absolute Gasteiger partial charge is 0.322 e. The van der Waals surface area contributed by atoms with Crippen molar-refractivity contribution < 1.29 is 18.7 Å². The van der Waals surface area contributed by atoms with Gasteiger partial charge in [0.15, 0.2) is 11.5 Å². The minimum atomic E-state index is -0.471. The van der Waals surface area contributed by atoms with Crippen LogP contribution in [0.5, 0.6) is 11.5 Å². The van der Waals surface area contributed by atoms with E-state index in [4.69, 9.17) is 37.1 Å². The Kier molecular flexibility index (Phi) is 6.38. The Balaban J connectivity index is 1.80. The summed E-state index contributed by atoms with van der Waals surface area (Å²) in [5.41, 5.74) is 0.905. The topological polar surface area (TPSA) is 86.5 Å². The monoisotopic (exact) mass is 421 g/mol. The lowest BCUT2D eigenvalue weighted by Crippen LogP contribution is -2.12. The van der Waals surface area contributed by atoms with Gasteiger partial charge in [-0.3, -0.25) is 10.1 Å². The Morgan fingerprint density at radius 2 is 1.68 bits per heavy atom. The molecule has 7 nitrogen and oxygen atoms in total. The van der Waals surface area contributed by atoms with Crippen LogP contribution in [0.2, 0.25) is 10.0 Å². The van der Waals surface area contributed by atoms with Gasteiger partial charge in [-0.05, 0) is 50.2 Å². The minimum absolute atomic E-state index is 0.0528. The van der Waals surface area contributed by atoms with E-state index >= 15 is 0 Å². The fourth-order valence-corrected chi connectivity index (χ4v) is 2.95.